The number of hydrogen-bond donors (Lipinski definition) is 1. The van der Waals surface area contributed by atoms with Crippen LogP contribution in [0.1, 0.15) is 39.5 Å². The van der Waals surface area contributed by atoms with Crippen molar-refractivity contribution in [3.8, 4) is 0 Å². The van der Waals surface area contributed by atoms with E-state index in [0.29, 0.717) is 12.3 Å². The number of ketones is 1. The maximum absolute atomic E-state index is 10.7. The van der Waals surface area contributed by atoms with Gasteiger partial charge < -0.3 is 5.11 Å². The van der Waals surface area contributed by atoms with Gasteiger partial charge in [0.1, 0.15) is 6.61 Å². The maximum atomic E-state index is 10.7. The zero-order chi connectivity index (χ0) is 8.69. The average molecular weight is 158 g/mol. The fraction of sp³-hybridized carbons (Fsp3) is 0.889. The van der Waals surface area contributed by atoms with Gasteiger partial charge in [-0.15, -0.1) is 0 Å². The second kappa shape index (κ2) is 6.35. The SMILES string of the molecule is CCCC(C)CCC(=O)CO. The third kappa shape index (κ3) is 6.05. The van der Waals surface area contributed by atoms with Crippen molar-refractivity contribution in [1.29, 1.82) is 0 Å². The molecule has 0 heterocycles. The van der Waals surface area contributed by atoms with Crippen molar-refractivity contribution < 1.29 is 9.90 Å². The normalized spacial score (nSPS) is 13.0. The first-order valence-electron chi connectivity index (χ1n) is 4.33. The first-order chi connectivity index (χ1) is 5.20. The minimum absolute atomic E-state index is 0.0343. The van der Waals surface area contributed by atoms with Crippen LogP contribution < -0.4 is 0 Å². The highest BCUT2D eigenvalue weighted by atomic mass is 16.3. The standard InChI is InChI=1S/C9H18O2/c1-3-4-8(2)5-6-9(11)7-10/h8,10H,3-7H2,1-2H3. The predicted octanol–water partition coefficient (Wildman–Crippen LogP) is 1.76. The summed E-state index contributed by atoms with van der Waals surface area (Å²) in [7, 11) is 0. The van der Waals surface area contributed by atoms with Crippen molar-refractivity contribution in [3.05, 3.63) is 0 Å². The number of Topliss-reactive ketones (excluding diaryl/α,β-unsaturated/α-hetero) is 1. The molecule has 0 saturated carbocycles. The topological polar surface area (TPSA) is 37.3 Å². The van der Waals surface area contributed by atoms with Crippen molar-refractivity contribution >= 4 is 5.78 Å². The molecule has 1 atom stereocenters. The number of aliphatic hydroxyl groups excluding tert-OH is 1. The number of hydrogen-bond acceptors (Lipinski definition) is 2. The molecule has 0 saturated heterocycles. The lowest BCUT2D eigenvalue weighted by Gasteiger charge is -2.07. The van der Waals surface area contributed by atoms with Crippen LogP contribution in [0, 0.1) is 5.92 Å². The average Bonchev–Trinajstić information content (AvgIpc) is 2.01. The van der Waals surface area contributed by atoms with Gasteiger partial charge in [0.25, 0.3) is 0 Å². The monoisotopic (exact) mass is 158 g/mol. The Hall–Kier alpha value is -0.370. The van der Waals surface area contributed by atoms with E-state index in [0.717, 1.165) is 6.42 Å². The molecule has 1 unspecified atom stereocenters. The number of carbonyl (C=O) groups is 1. The molecule has 0 rings (SSSR count). The second-order valence-electron chi connectivity index (χ2n) is 3.13. The van der Waals surface area contributed by atoms with E-state index in [4.69, 9.17) is 5.11 Å². The summed E-state index contributed by atoms with van der Waals surface area (Å²) in [5.41, 5.74) is 0. The lowest BCUT2D eigenvalue weighted by atomic mass is 9.99. The summed E-state index contributed by atoms with van der Waals surface area (Å²) < 4.78 is 0. The summed E-state index contributed by atoms with van der Waals surface area (Å²) in [6.45, 7) is 4.00. The van der Waals surface area contributed by atoms with Crippen molar-refractivity contribution in [2.24, 2.45) is 5.92 Å². The van der Waals surface area contributed by atoms with Gasteiger partial charge in [-0.25, -0.2) is 0 Å². The number of rotatable bonds is 6. The molecule has 66 valence electrons. The Morgan fingerprint density at radius 1 is 1.45 bits per heavy atom. The van der Waals surface area contributed by atoms with Gasteiger partial charge in [0.05, 0.1) is 0 Å². The molecule has 0 aliphatic heterocycles. The molecule has 0 spiro atoms. The summed E-state index contributed by atoms with van der Waals surface area (Å²) in [6, 6.07) is 0. The van der Waals surface area contributed by atoms with Gasteiger partial charge in [-0.1, -0.05) is 26.7 Å². The van der Waals surface area contributed by atoms with E-state index in [1.807, 2.05) is 0 Å². The van der Waals surface area contributed by atoms with Crippen molar-refractivity contribution in [2.75, 3.05) is 6.61 Å². The molecule has 0 fully saturated rings. The van der Waals surface area contributed by atoms with Crippen LogP contribution >= 0.6 is 0 Å². The highest BCUT2D eigenvalue weighted by Crippen LogP contribution is 2.11. The molecule has 0 aromatic rings. The predicted molar refractivity (Wildman–Crippen MR) is 45.4 cm³/mol. The Balaban J connectivity index is 3.29. The molecular formula is C9H18O2. The van der Waals surface area contributed by atoms with E-state index in [1.165, 1.54) is 12.8 Å². The van der Waals surface area contributed by atoms with Crippen LogP contribution in [0.2, 0.25) is 0 Å². The minimum Gasteiger partial charge on any atom is -0.389 e. The highest BCUT2D eigenvalue weighted by molar-refractivity contribution is 5.79. The molecule has 2 heteroatoms. The Bertz CT molecular complexity index is 110. The molecule has 2 nitrogen and oxygen atoms in total. The first-order valence-corrected chi connectivity index (χ1v) is 4.33. The van der Waals surface area contributed by atoms with Gasteiger partial charge in [0.2, 0.25) is 0 Å². The quantitative estimate of drug-likeness (QED) is 0.639. The van der Waals surface area contributed by atoms with Crippen molar-refractivity contribution in [1.82, 2.24) is 0 Å². The van der Waals surface area contributed by atoms with Crippen LogP contribution in [0.5, 0.6) is 0 Å². The minimum atomic E-state index is -0.293. The van der Waals surface area contributed by atoms with Gasteiger partial charge in [-0.05, 0) is 12.3 Å². The molecule has 0 amide bonds. The summed E-state index contributed by atoms with van der Waals surface area (Å²) in [4.78, 5) is 10.7. The fourth-order valence-electron chi connectivity index (χ4n) is 1.12. The lowest BCUT2D eigenvalue weighted by Crippen LogP contribution is -2.05. The van der Waals surface area contributed by atoms with Crippen molar-refractivity contribution in [2.45, 2.75) is 39.5 Å². The third-order valence-corrected chi connectivity index (χ3v) is 1.87. The van der Waals surface area contributed by atoms with Crippen LogP contribution in [-0.4, -0.2) is 17.5 Å². The smallest absolute Gasteiger partial charge is 0.158 e. The van der Waals surface area contributed by atoms with Crippen LogP contribution in [0.15, 0.2) is 0 Å². The Labute approximate surface area is 68.6 Å². The summed E-state index contributed by atoms with van der Waals surface area (Å²) >= 11 is 0. The molecule has 0 aliphatic carbocycles. The maximum Gasteiger partial charge on any atom is 0.158 e. The summed E-state index contributed by atoms with van der Waals surface area (Å²) in [5.74, 6) is 0.587. The highest BCUT2D eigenvalue weighted by Gasteiger charge is 2.04. The van der Waals surface area contributed by atoms with Crippen LogP contribution in [0.3, 0.4) is 0 Å². The van der Waals surface area contributed by atoms with E-state index in [1.54, 1.807) is 0 Å². The van der Waals surface area contributed by atoms with Gasteiger partial charge in [-0.2, -0.15) is 0 Å². The van der Waals surface area contributed by atoms with Crippen LogP contribution in [0.4, 0.5) is 0 Å². The van der Waals surface area contributed by atoms with E-state index >= 15 is 0 Å². The number of aliphatic hydroxyl groups is 1. The lowest BCUT2D eigenvalue weighted by molar-refractivity contribution is -0.122. The Morgan fingerprint density at radius 3 is 2.55 bits per heavy atom. The van der Waals surface area contributed by atoms with Gasteiger partial charge in [0, 0.05) is 6.42 Å². The van der Waals surface area contributed by atoms with E-state index < -0.39 is 0 Å². The largest absolute Gasteiger partial charge is 0.389 e. The van der Waals surface area contributed by atoms with Crippen LogP contribution in [0.25, 0.3) is 0 Å². The van der Waals surface area contributed by atoms with E-state index in [-0.39, 0.29) is 12.4 Å². The Morgan fingerprint density at radius 2 is 2.09 bits per heavy atom. The molecule has 1 N–H and O–H groups in total. The van der Waals surface area contributed by atoms with Gasteiger partial charge in [-0.3, -0.25) is 4.79 Å². The van der Waals surface area contributed by atoms with Gasteiger partial charge in [0.15, 0.2) is 5.78 Å². The summed E-state index contributed by atoms with van der Waals surface area (Å²) in [6.07, 6.45) is 3.82. The van der Waals surface area contributed by atoms with Gasteiger partial charge >= 0.3 is 0 Å². The molecular weight excluding hydrogens is 140 g/mol. The Kier molecular flexibility index (Phi) is 6.13. The van der Waals surface area contributed by atoms with E-state index in [9.17, 15) is 4.79 Å². The second-order valence-corrected chi connectivity index (χ2v) is 3.13. The molecule has 11 heavy (non-hydrogen) atoms. The van der Waals surface area contributed by atoms with Crippen molar-refractivity contribution in [3.63, 3.8) is 0 Å². The number of carbonyl (C=O) groups excluding carboxylic acids is 1. The zero-order valence-electron chi connectivity index (χ0n) is 7.47. The molecule has 0 aliphatic rings. The first kappa shape index (κ1) is 10.6. The summed E-state index contributed by atoms with van der Waals surface area (Å²) in [5, 5.41) is 8.43. The third-order valence-electron chi connectivity index (χ3n) is 1.87. The van der Waals surface area contributed by atoms with E-state index in [2.05, 4.69) is 13.8 Å². The zero-order valence-corrected chi connectivity index (χ0v) is 7.47. The molecule has 0 bridgehead atoms. The molecule has 0 radical (unpaired) electrons. The van der Waals surface area contributed by atoms with Crippen LogP contribution in [-0.2, 0) is 4.79 Å². The molecule has 0 aromatic carbocycles. The fourth-order valence-corrected chi connectivity index (χ4v) is 1.12. The molecule has 0 aromatic heterocycles.